The Hall–Kier alpha value is -1.65. The van der Waals surface area contributed by atoms with Gasteiger partial charge in [0.2, 0.25) is 10.0 Å². The molecule has 0 saturated carbocycles. The summed E-state index contributed by atoms with van der Waals surface area (Å²) in [6.07, 6.45) is 0.771. The van der Waals surface area contributed by atoms with Gasteiger partial charge in [0.15, 0.2) is 0 Å². The van der Waals surface area contributed by atoms with Gasteiger partial charge < -0.3 is 0 Å². The van der Waals surface area contributed by atoms with Crippen LogP contribution in [0, 0.1) is 0 Å². The Kier molecular flexibility index (Phi) is 6.02. The van der Waals surface area contributed by atoms with Crippen molar-refractivity contribution in [3.8, 4) is 0 Å². The summed E-state index contributed by atoms with van der Waals surface area (Å²) in [4.78, 5) is 0.543. The third-order valence-electron chi connectivity index (χ3n) is 5.77. The van der Waals surface area contributed by atoms with Crippen molar-refractivity contribution in [1.29, 1.82) is 0 Å². The average Bonchev–Trinajstić information content (AvgIpc) is 2.66. The van der Waals surface area contributed by atoms with Crippen LogP contribution in [0.4, 0.5) is 0 Å². The Balaban J connectivity index is 2.16. The molecule has 0 fully saturated rings. The Morgan fingerprint density at radius 3 is 1.86 bits per heavy atom. The van der Waals surface area contributed by atoms with Crippen LogP contribution in [-0.2, 0) is 23.0 Å². The molecule has 0 atom stereocenters. The highest BCUT2D eigenvalue weighted by Gasteiger charge is 2.33. The standard InChI is InChI=1S/C24H33NO2S/c1-16(2)21-13-22(17(3)4)24(23(14-21)18(5)6)28(26,27)25-12-11-19-9-7-8-10-20(19)15-25/h7-10,13-14,16-18H,11-12,15H2,1-6H3. The van der Waals surface area contributed by atoms with E-state index in [1.807, 2.05) is 18.2 Å². The van der Waals surface area contributed by atoms with Crippen LogP contribution in [0.25, 0.3) is 0 Å². The molecule has 0 bridgehead atoms. The predicted molar refractivity (Wildman–Crippen MR) is 116 cm³/mol. The molecule has 1 heterocycles. The molecule has 2 aromatic carbocycles. The molecular formula is C24H33NO2S. The smallest absolute Gasteiger partial charge is 0.207 e. The molecule has 0 aromatic heterocycles. The lowest BCUT2D eigenvalue weighted by molar-refractivity contribution is 0.390. The summed E-state index contributed by atoms with van der Waals surface area (Å²) in [6, 6.07) is 12.4. The van der Waals surface area contributed by atoms with Crippen LogP contribution in [-0.4, -0.2) is 19.3 Å². The summed E-state index contributed by atoms with van der Waals surface area (Å²) in [5, 5.41) is 0. The summed E-state index contributed by atoms with van der Waals surface area (Å²) in [6.45, 7) is 13.7. The van der Waals surface area contributed by atoms with Crippen LogP contribution in [0.3, 0.4) is 0 Å². The molecule has 0 spiro atoms. The van der Waals surface area contributed by atoms with E-state index in [-0.39, 0.29) is 11.8 Å². The lowest BCUT2D eigenvalue weighted by Gasteiger charge is -2.31. The lowest BCUT2D eigenvalue weighted by Crippen LogP contribution is -2.37. The molecule has 28 heavy (non-hydrogen) atoms. The van der Waals surface area contributed by atoms with Crippen molar-refractivity contribution in [3.63, 3.8) is 0 Å². The second-order valence-electron chi connectivity index (χ2n) is 8.85. The monoisotopic (exact) mass is 399 g/mol. The van der Waals surface area contributed by atoms with Crippen molar-refractivity contribution in [2.24, 2.45) is 0 Å². The molecule has 0 N–H and O–H groups in total. The van der Waals surface area contributed by atoms with Crippen molar-refractivity contribution in [2.75, 3.05) is 6.54 Å². The van der Waals surface area contributed by atoms with E-state index >= 15 is 0 Å². The van der Waals surface area contributed by atoms with E-state index in [0.29, 0.717) is 23.9 Å². The van der Waals surface area contributed by atoms with Gasteiger partial charge in [0.25, 0.3) is 0 Å². The maximum absolute atomic E-state index is 13.9. The minimum absolute atomic E-state index is 0.151. The molecule has 1 aliphatic heterocycles. The molecular weight excluding hydrogens is 366 g/mol. The third-order valence-corrected chi connectivity index (χ3v) is 7.75. The van der Waals surface area contributed by atoms with E-state index in [2.05, 4.69) is 59.7 Å². The van der Waals surface area contributed by atoms with E-state index in [4.69, 9.17) is 0 Å². The minimum Gasteiger partial charge on any atom is -0.207 e. The fraction of sp³-hybridized carbons (Fsp3) is 0.500. The van der Waals surface area contributed by atoms with Gasteiger partial charge in [0, 0.05) is 13.1 Å². The van der Waals surface area contributed by atoms with Crippen molar-refractivity contribution in [2.45, 2.75) is 77.2 Å². The number of nitrogens with zero attached hydrogens (tertiary/aromatic N) is 1. The SMILES string of the molecule is CC(C)c1cc(C(C)C)c(S(=O)(=O)N2CCc3ccccc3C2)c(C(C)C)c1. The zero-order chi connectivity index (χ0) is 20.6. The van der Waals surface area contributed by atoms with E-state index in [9.17, 15) is 8.42 Å². The largest absolute Gasteiger partial charge is 0.243 e. The van der Waals surface area contributed by atoms with Crippen LogP contribution in [0.1, 0.15) is 87.1 Å². The fourth-order valence-corrected chi connectivity index (χ4v) is 6.08. The molecule has 4 heteroatoms. The topological polar surface area (TPSA) is 37.4 Å². The predicted octanol–water partition coefficient (Wildman–Crippen LogP) is 5.80. The van der Waals surface area contributed by atoms with E-state index in [0.717, 1.165) is 23.1 Å². The van der Waals surface area contributed by atoms with Crippen LogP contribution in [0.5, 0.6) is 0 Å². The van der Waals surface area contributed by atoms with Crippen molar-refractivity contribution < 1.29 is 8.42 Å². The first-order chi connectivity index (χ1) is 13.1. The second-order valence-corrected chi connectivity index (χ2v) is 10.7. The first-order valence-electron chi connectivity index (χ1n) is 10.4. The van der Waals surface area contributed by atoms with Gasteiger partial charge >= 0.3 is 0 Å². The molecule has 3 nitrogen and oxygen atoms in total. The van der Waals surface area contributed by atoms with Gasteiger partial charge in [-0.15, -0.1) is 0 Å². The number of fused-ring (bicyclic) bond motifs is 1. The summed E-state index contributed by atoms with van der Waals surface area (Å²) in [5.74, 6) is 0.671. The highest BCUT2D eigenvalue weighted by molar-refractivity contribution is 7.89. The van der Waals surface area contributed by atoms with E-state index in [1.54, 1.807) is 4.31 Å². The maximum Gasteiger partial charge on any atom is 0.243 e. The molecule has 0 unspecified atom stereocenters. The zero-order valence-electron chi connectivity index (χ0n) is 18.0. The Bertz CT molecular complexity index is 929. The van der Waals surface area contributed by atoms with Crippen LogP contribution >= 0.6 is 0 Å². The van der Waals surface area contributed by atoms with Gasteiger partial charge in [-0.3, -0.25) is 0 Å². The number of sulfonamides is 1. The number of hydrogen-bond donors (Lipinski definition) is 0. The first-order valence-corrected chi connectivity index (χ1v) is 11.8. The lowest BCUT2D eigenvalue weighted by atomic mass is 9.89. The molecule has 0 amide bonds. The number of rotatable bonds is 5. The number of hydrogen-bond acceptors (Lipinski definition) is 2. The molecule has 152 valence electrons. The summed E-state index contributed by atoms with van der Waals surface area (Å²) < 4.78 is 29.4. The first kappa shape index (κ1) is 21.1. The maximum atomic E-state index is 13.9. The normalized spacial score (nSPS) is 15.5. The minimum atomic E-state index is -3.57. The van der Waals surface area contributed by atoms with Gasteiger partial charge in [-0.1, -0.05) is 77.9 Å². The van der Waals surface area contributed by atoms with Gasteiger partial charge in [-0.2, -0.15) is 4.31 Å². The Morgan fingerprint density at radius 2 is 1.36 bits per heavy atom. The quantitative estimate of drug-likeness (QED) is 0.637. The molecule has 0 radical (unpaired) electrons. The van der Waals surface area contributed by atoms with Crippen molar-refractivity contribution in [1.82, 2.24) is 4.31 Å². The van der Waals surface area contributed by atoms with Crippen molar-refractivity contribution >= 4 is 10.0 Å². The van der Waals surface area contributed by atoms with E-state index in [1.165, 1.54) is 11.1 Å². The molecule has 1 aliphatic rings. The van der Waals surface area contributed by atoms with Gasteiger partial charge in [0.1, 0.15) is 0 Å². The van der Waals surface area contributed by atoms with Gasteiger partial charge in [-0.25, -0.2) is 8.42 Å². The molecule has 3 rings (SSSR count). The molecule has 2 aromatic rings. The number of benzene rings is 2. The van der Waals surface area contributed by atoms with Gasteiger partial charge in [0.05, 0.1) is 4.90 Å². The van der Waals surface area contributed by atoms with Crippen LogP contribution in [0.2, 0.25) is 0 Å². The molecule has 0 aliphatic carbocycles. The van der Waals surface area contributed by atoms with E-state index < -0.39 is 10.0 Å². The molecule has 0 saturated heterocycles. The second kappa shape index (κ2) is 8.00. The third kappa shape index (κ3) is 3.90. The summed E-state index contributed by atoms with van der Waals surface area (Å²) in [5.41, 5.74) is 5.50. The Labute approximate surface area is 170 Å². The highest BCUT2D eigenvalue weighted by Crippen LogP contribution is 2.37. The van der Waals surface area contributed by atoms with Gasteiger partial charge in [-0.05, 0) is 52.0 Å². The fourth-order valence-electron chi connectivity index (χ4n) is 3.99. The zero-order valence-corrected chi connectivity index (χ0v) is 18.8. The summed E-state index contributed by atoms with van der Waals surface area (Å²) in [7, 11) is -3.57. The van der Waals surface area contributed by atoms with Crippen LogP contribution in [0.15, 0.2) is 41.3 Å². The van der Waals surface area contributed by atoms with Crippen LogP contribution < -0.4 is 0 Å². The van der Waals surface area contributed by atoms with Crippen molar-refractivity contribution in [3.05, 3.63) is 64.2 Å². The summed E-state index contributed by atoms with van der Waals surface area (Å²) >= 11 is 0. The average molecular weight is 400 g/mol. The highest BCUT2D eigenvalue weighted by atomic mass is 32.2. The Morgan fingerprint density at radius 1 is 0.821 bits per heavy atom.